The molecule has 0 saturated carbocycles. The summed E-state index contributed by atoms with van der Waals surface area (Å²) in [6, 6.07) is 8.29. The van der Waals surface area contributed by atoms with Crippen LogP contribution in [0.5, 0.6) is 0 Å². The fourth-order valence-electron chi connectivity index (χ4n) is 1.81. The van der Waals surface area contributed by atoms with Crippen molar-refractivity contribution in [3.05, 3.63) is 41.5 Å². The number of hydrogen-bond donors (Lipinski definition) is 2. The van der Waals surface area contributed by atoms with Gasteiger partial charge in [0.05, 0.1) is 4.90 Å². The van der Waals surface area contributed by atoms with Crippen molar-refractivity contribution in [2.45, 2.75) is 32.1 Å². The Labute approximate surface area is 131 Å². The zero-order chi connectivity index (χ0) is 16.2. The van der Waals surface area contributed by atoms with Gasteiger partial charge in [0, 0.05) is 6.54 Å². The van der Waals surface area contributed by atoms with Crippen LogP contribution in [-0.4, -0.2) is 25.2 Å². The Morgan fingerprint density at radius 1 is 1.00 bits per heavy atom. The molecule has 0 radical (unpaired) electrons. The topological polar surface area (TPSA) is 84.0 Å². The number of nitrogens with zero attached hydrogens (tertiary/aromatic N) is 2. The number of aromatic nitrogens is 2. The van der Waals surface area contributed by atoms with E-state index in [0.717, 1.165) is 24.1 Å². The van der Waals surface area contributed by atoms with E-state index in [2.05, 4.69) is 20.2 Å². The first-order chi connectivity index (χ1) is 10.4. The van der Waals surface area contributed by atoms with Crippen LogP contribution in [0.3, 0.4) is 0 Å². The van der Waals surface area contributed by atoms with Gasteiger partial charge in [0.1, 0.15) is 5.82 Å². The Morgan fingerprint density at radius 3 is 2.27 bits per heavy atom. The average Bonchev–Trinajstić information content (AvgIpc) is 2.49. The van der Waals surface area contributed by atoms with E-state index >= 15 is 0 Å². The van der Waals surface area contributed by atoms with Gasteiger partial charge in [-0.25, -0.2) is 8.42 Å². The lowest BCUT2D eigenvalue weighted by atomic mass is 10.1. The molecule has 0 aliphatic heterocycles. The summed E-state index contributed by atoms with van der Waals surface area (Å²) in [7, 11) is -3.66. The highest BCUT2D eigenvalue weighted by atomic mass is 32.2. The number of rotatable bonds is 6. The maximum Gasteiger partial charge on any atom is 0.263 e. The van der Waals surface area contributed by atoms with Crippen molar-refractivity contribution in [2.75, 3.05) is 16.6 Å². The number of benzene rings is 1. The molecule has 22 heavy (non-hydrogen) atoms. The molecule has 0 unspecified atom stereocenters. The monoisotopic (exact) mass is 320 g/mol. The summed E-state index contributed by atoms with van der Waals surface area (Å²) in [6.45, 7) is 6.66. The molecule has 2 N–H and O–H groups in total. The van der Waals surface area contributed by atoms with Crippen LogP contribution in [0.25, 0.3) is 0 Å². The predicted molar refractivity (Wildman–Crippen MR) is 87.5 cm³/mol. The van der Waals surface area contributed by atoms with Gasteiger partial charge in [0.25, 0.3) is 10.0 Å². The van der Waals surface area contributed by atoms with Crippen LogP contribution in [-0.2, 0) is 10.0 Å². The van der Waals surface area contributed by atoms with Crippen molar-refractivity contribution < 1.29 is 8.42 Å². The maximum absolute atomic E-state index is 12.3. The second-order valence-electron chi connectivity index (χ2n) is 5.08. The number of sulfonamides is 1. The van der Waals surface area contributed by atoms with E-state index in [4.69, 9.17) is 0 Å². The van der Waals surface area contributed by atoms with Crippen molar-refractivity contribution in [1.82, 2.24) is 10.2 Å². The third kappa shape index (κ3) is 3.94. The van der Waals surface area contributed by atoms with Crippen molar-refractivity contribution in [2.24, 2.45) is 0 Å². The summed E-state index contributed by atoms with van der Waals surface area (Å²) in [4.78, 5) is 0.214. The maximum atomic E-state index is 12.3. The van der Waals surface area contributed by atoms with Crippen LogP contribution in [0.4, 0.5) is 11.6 Å². The Balaban J connectivity index is 2.16. The molecule has 0 aliphatic carbocycles. The van der Waals surface area contributed by atoms with Crippen LogP contribution in [0.1, 0.15) is 24.5 Å². The smallest absolute Gasteiger partial charge is 0.263 e. The van der Waals surface area contributed by atoms with E-state index in [1.54, 1.807) is 30.3 Å². The molecule has 118 valence electrons. The van der Waals surface area contributed by atoms with Gasteiger partial charge in [-0.15, -0.1) is 10.2 Å². The van der Waals surface area contributed by atoms with Crippen LogP contribution < -0.4 is 10.0 Å². The quantitative estimate of drug-likeness (QED) is 0.855. The molecule has 0 amide bonds. The van der Waals surface area contributed by atoms with Crippen molar-refractivity contribution in [3.8, 4) is 0 Å². The van der Waals surface area contributed by atoms with E-state index in [0.29, 0.717) is 5.82 Å². The molecule has 1 aromatic heterocycles. The summed E-state index contributed by atoms with van der Waals surface area (Å²) >= 11 is 0. The lowest BCUT2D eigenvalue weighted by Gasteiger charge is -2.09. The number of aryl methyl sites for hydroxylation is 2. The number of hydrogen-bond acceptors (Lipinski definition) is 5. The minimum absolute atomic E-state index is 0.195. The minimum atomic E-state index is -3.66. The van der Waals surface area contributed by atoms with Crippen molar-refractivity contribution in [1.29, 1.82) is 0 Å². The van der Waals surface area contributed by atoms with E-state index < -0.39 is 10.0 Å². The molecular formula is C15H20N4O2S. The molecular weight excluding hydrogens is 300 g/mol. The summed E-state index contributed by atoms with van der Waals surface area (Å²) < 4.78 is 27.1. The van der Waals surface area contributed by atoms with Crippen LogP contribution >= 0.6 is 0 Å². The van der Waals surface area contributed by atoms with E-state index in [-0.39, 0.29) is 10.7 Å². The molecule has 0 fully saturated rings. The van der Waals surface area contributed by atoms with Gasteiger partial charge in [0.2, 0.25) is 0 Å². The molecule has 7 heteroatoms. The SMILES string of the molecule is CCCNc1ccc(NS(=O)(=O)c2ccc(C)c(C)c2)nn1. The van der Waals surface area contributed by atoms with E-state index in [1.807, 2.05) is 20.8 Å². The summed E-state index contributed by atoms with van der Waals surface area (Å²) in [6.07, 6.45) is 0.975. The zero-order valence-corrected chi connectivity index (χ0v) is 13.7. The first kappa shape index (κ1) is 16.2. The van der Waals surface area contributed by atoms with Crippen molar-refractivity contribution >= 4 is 21.7 Å². The van der Waals surface area contributed by atoms with Crippen LogP contribution in [0.2, 0.25) is 0 Å². The molecule has 0 spiro atoms. The van der Waals surface area contributed by atoms with Gasteiger partial charge < -0.3 is 5.32 Å². The Kier molecular flexibility index (Phi) is 4.97. The molecule has 2 rings (SSSR count). The number of nitrogens with one attached hydrogen (secondary N) is 2. The van der Waals surface area contributed by atoms with Crippen LogP contribution in [0, 0.1) is 13.8 Å². The largest absolute Gasteiger partial charge is 0.369 e. The zero-order valence-electron chi connectivity index (χ0n) is 12.9. The fraction of sp³-hybridized carbons (Fsp3) is 0.333. The molecule has 6 nitrogen and oxygen atoms in total. The fourth-order valence-corrected chi connectivity index (χ4v) is 2.89. The van der Waals surface area contributed by atoms with Gasteiger partial charge >= 0.3 is 0 Å². The van der Waals surface area contributed by atoms with Crippen molar-refractivity contribution in [3.63, 3.8) is 0 Å². The summed E-state index contributed by atoms with van der Waals surface area (Å²) in [5.41, 5.74) is 1.97. The standard InChI is InChI=1S/C15H20N4O2S/c1-4-9-16-14-7-8-15(18-17-14)19-22(20,21)13-6-5-11(2)12(3)10-13/h5-8,10H,4,9H2,1-3H3,(H,16,17)(H,18,19). The van der Waals surface area contributed by atoms with Gasteiger partial charge in [-0.1, -0.05) is 13.0 Å². The molecule has 2 aromatic rings. The highest BCUT2D eigenvalue weighted by Gasteiger charge is 2.15. The molecule has 1 heterocycles. The second-order valence-corrected chi connectivity index (χ2v) is 6.76. The Bertz CT molecular complexity index is 743. The third-order valence-electron chi connectivity index (χ3n) is 3.25. The molecule has 0 saturated heterocycles. The Hall–Kier alpha value is -2.15. The lowest BCUT2D eigenvalue weighted by molar-refractivity contribution is 0.601. The minimum Gasteiger partial charge on any atom is -0.369 e. The highest BCUT2D eigenvalue weighted by molar-refractivity contribution is 7.92. The average molecular weight is 320 g/mol. The second kappa shape index (κ2) is 6.74. The van der Waals surface area contributed by atoms with E-state index in [9.17, 15) is 8.42 Å². The van der Waals surface area contributed by atoms with E-state index in [1.165, 1.54) is 0 Å². The first-order valence-corrected chi connectivity index (χ1v) is 8.58. The van der Waals surface area contributed by atoms with Gasteiger partial charge in [-0.05, 0) is 55.7 Å². The third-order valence-corrected chi connectivity index (χ3v) is 4.60. The molecule has 1 aromatic carbocycles. The highest BCUT2D eigenvalue weighted by Crippen LogP contribution is 2.18. The number of anilines is 2. The first-order valence-electron chi connectivity index (χ1n) is 7.10. The predicted octanol–water partition coefficient (Wildman–Crippen LogP) is 2.72. The van der Waals surface area contributed by atoms with Gasteiger partial charge in [-0.2, -0.15) is 0 Å². The molecule has 0 aliphatic rings. The molecule has 0 bridgehead atoms. The Morgan fingerprint density at radius 2 is 1.68 bits per heavy atom. The normalized spacial score (nSPS) is 11.2. The van der Waals surface area contributed by atoms with Gasteiger partial charge in [0.15, 0.2) is 5.82 Å². The summed E-state index contributed by atoms with van der Waals surface area (Å²) in [5, 5.41) is 10.9. The summed E-state index contributed by atoms with van der Waals surface area (Å²) in [5.74, 6) is 0.816. The van der Waals surface area contributed by atoms with Crippen LogP contribution in [0.15, 0.2) is 35.2 Å². The molecule has 0 atom stereocenters. The lowest BCUT2D eigenvalue weighted by Crippen LogP contribution is -2.15. The van der Waals surface area contributed by atoms with Gasteiger partial charge in [-0.3, -0.25) is 4.72 Å².